The molecule has 4 rings (SSSR count). The summed E-state index contributed by atoms with van der Waals surface area (Å²) in [5, 5.41) is 0. The number of piperidine rings is 2. The van der Waals surface area contributed by atoms with E-state index in [2.05, 4.69) is 13.2 Å². The van der Waals surface area contributed by atoms with Gasteiger partial charge in [0.25, 0.3) is 0 Å². The maximum atomic E-state index is 13.5. The number of ether oxygens (including phenoxy) is 2. The lowest BCUT2D eigenvalue weighted by Crippen LogP contribution is -2.53. The quantitative estimate of drug-likeness (QED) is 0.292. The van der Waals surface area contributed by atoms with Crippen molar-refractivity contribution in [3.8, 4) is 0 Å². The molecule has 2 heterocycles. The molecule has 4 atom stereocenters. The highest BCUT2D eigenvalue weighted by atomic mass is 19.1. The van der Waals surface area contributed by atoms with Gasteiger partial charge in [0.05, 0.1) is 12.1 Å². The largest absolute Gasteiger partial charge is 0.444 e. The Labute approximate surface area is 297 Å². The second-order valence-corrected chi connectivity index (χ2v) is 16.0. The van der Waals surface area contributed by atoms with E-state index in [1.54, 1.807) is 21.9 Å². The highest BCUT2D eigenvalue weighted by Gasteiger charge is 2.42. The van der Waals surface area contributed by atoms with Crippen molar-refractivity contribution < 1.29 is 27.8 Å². The molecule has 0 radical (unpaired) electrons. The molecular weight excluding hydrogens is 638 g/mol. The molecule has 0 aliphatic carbocycles. The number of carbonyl (C=O) groups is 2. The third-order valence-electron chi connectivity index (χ3n) is 9.19. The molecule has 0 unspecified atom stereocenters. The van der Waals surface area contributed by atoms with Gasteiger partial charge in [-0.2, -0.15) is 0 Å². The number of benzene rings is 2. The Bertz CT molecular complexity index is 1420. The Morgan fingerprint density at radius 2 is 1.10 bits per heavy atom. The zero-order chi connectivity index (χ0) is 37.7. The van der Waals surface area contributed by atoms with Crippen LogP contribution in [0.4, 0.5) is 18.4 Å². The highest BCUT2D eigenvalue weighted by molar-refractivity contribution is 5.70. The summed E-state index contributed by atoms with van der Waals surface area (Å²) in [6.45, 7) is 23.4. The van der Waals surface area contributed by atoms with Gasteiger partial charge in [-0.15, -0.1) is 13.2 Å². The number of aryl methyl sites for hydroxylation is 2. The Balaban J connectivity index is 0.000000270. The van der Waals surface area contributed by atoms with E-state index in [1.165, 1.54) is 24.3 Å². The van der Waals surface area contributed by atoms with Crippen LogP contribution < -0.4 is 11.5 Å². The average Bonchev–Trinajstić information content (AvgIpc) is 2.95. The summed E-state index contributed by atoms with van der Waals surface area (Å²) in [7, 11) is 0. The minimum atomic E-state index is -0.572. The summed E-state index contributed by atoms with van der Waals surface area (Å²) in [6, 6.07) is 8.83. The number of hydrogen-bond donors (Lipinski definition) is 2. The number of carbonyl (C=O) groups excluding carboxylic acids is 2. The summed E-state index contributed by atoms with van der Waals surface area (Å²) in [6.07, 6.45) is 6.79. The molecule has 8 nitrogen and oxygen atoms in total. The lowest BCUT2D eigenvalue weighted by atomic mass is 9.78. The van der Waals surface area contributed by atoms with Gasteiger partial charge in [0.15, 0.2) is 0 Å². The SMILES string of the molecule is C=CC[C@@]1(N)CCN(C(=O)OC(C)(C)C)[C@@H](c2ccc(F)cc2C)C1.C=CC[C@]1(N)CCN(C(=O)OC(C)(C)C)[C@@H](c2ccc(F)cc2C)C1. The minimum Gasteiger partial charge on any atom is -0.444 e. The topological polar surface area (TPSA) is 111 Å². The van der Waals surface area contributed by atoms with Crippen molar-refractivity contribution in [2.24, 2.45) is 11.5 Å². The van der Waals surface area contributed by atoms with Gasteiger partial charge < -0.3 is 30.7 Å². The molecule has 50 heavy (non-hydrogen) atoms. The summed E-state index contributed by atoms with van der Waals surface area (Å²) in [5.41, 5.74) is 14.5. The number of nitrogens with two attached hydrogens (primary N) is 2. The molecule has 0 spiro atoms. The maximum absolute atomic E-state index is 13.5. The highest BCUT2D eigenvalue weighted by Crippen LogP contribution is 2.41. The molecule has 10 heteroatoms. The third kappa shape index (κ3) is 11.1. The number of halogens is 2. The second-order valence-electron chi connectivity index (χ2n) is 16.0. The molecule has 276 valence electrons. The smallest absolute Gasteiger partial charge is 0.410 e. The van der Waals surface area contributed by atoms with Gasteiger partial charge in [-0.3, -0.25) is 0 Å². The predicted octanol–water partition coefficient (Wildman–Crippen LogP) is 8.96. The summed E-state index contributed by atoms with van der Waals surface area (Å²) in [5.74, 6) is -0.572. The van der Waals surface area contributed by atoms with E-state index < -0.39 is 22.3 Å². The lowest BCUT2D eigenvalue weighted by Gasteiger charge is -2.45. The fourth-order valence-corrected chi connectivity index (χ4v) is 6.80. The van der Waals surface area contributed by atoms with Crippen LogP contribution >= 0.6 is 0 Å². The van der Waals surface area contributed by atoms with Crippen LogP contribution in [0.25, 0.3) is 0 Å². The van der Waals surface area contributed by atoms with Crippen LogP contribution in [0.3, 0.4) is 0 Å². The number of likely N-dealkylation sites (tertiary alicyclic amines) is 2. The van der Waals surface area contributed by atoms with Crippen molar-refractivity contribution in [3.63, 3.8) is 0 Å². The fraction of sp³-hybridized carbons (Fsp3) is 0.550. The van der Waals surface area contributed by atoms with E-state index in [0.717, 1.165) is 22.3 Å². The average molecular weight is 697 g/mol. The van der Waals surface area contributed by atoms with E-state index in [-0.39, 0.29) is 35.9 Å². The first-order chi connectivity index (χ1) is 23.1. The third-order valence-corrected chi connectivity index (χ3v) is 9.19. The van der Waals surface area contributed by atoms with Crippen LogP contribution in [-0.2, 0) is 9.47 Å². The first kappa shape index (κ1) is 40.7. The zero-order valence-corrected chi connectivity index (χ0v) is 31.3. The summed E-state index contributed by atoms with van der Waals surface area (Å²) in [4.78, 5) is 28.9. The Hall–Kier alpha value is -3.76. The van der Waals surface area contributed by atoms with E-state index in [0.29, 0.717) is 51.6 Å². The number of rotatable bonds is 6. The molecule has 0 saturated carbocycles. The van der Waals surface area contributed by atoms with Gasteiger partial charge in [-0.25, -0.2) is 18.4 Å². The van der Waals surface area contributed by atoms with Crippen LogP contribution in [0.1, 0.15) is 114 Å². The molecule has 2 fully saturated rings. The number of hydrogen-bond acceptors (Lipinski definition) is 6. The van der Waals surface area contributed by atoms with Crippen molar-refractivity contribution in [1.29, 1.82) is 0 Å². The van der Waals surface area contributed by atoms with Crippen LogP contribution in [0.2, 0.25) is 0 Å². The van der Waals surface area contributed by atoms with Crippen LogP contribution in [0.5, 0.6) is 0 Å². The maximum Gasteiger partial charge on any atom is 0.410 e. The van der Waals surface area contributed by atoms with E-state index in [4.69, 9.17) is 20.9 Å². The molecule has 2 saturated heterocycles. The van der Waals surface area contributed by atoms with Crippen LogP contribution in [0.15, 0.2) is 61.7 Å². The number of amides is 2. The Morgan fingerprint density at radius 1 is 0.760 bits per heavy atom. The van der Waals surface area contributed by atoms with Crippen molar-refractivity contribution in [2.45, 2.75) is 128 Å². The standard InChI is InChI=1S/2C20H29FN2O2/c2*1-6-9-20(22)10-11-23(18(24)25-19(3,4)5)17(13-20)16-8-7-15(21)12-14(16)2/h2*6-8,12,17H,1,9-11,13,22H2,2-5H3/t17-,20+;17-,20-/m11/s1. The van der Waals surface area contributed by atoms with Gasteiger partial charge in [-0.05, 0) is 140 Å². The number of nitrogens with zero attached hydrogens (tertiary/aromatic N) is 2. The second kappa shape index (κ2) is 16.1. The van der Waals surface area contributed by atoms with Gasteiger partial charge in [0.2, 0.25) is 0 Å². The molecular formula is C40H58F2N4O4. The molecule has 2 aliphatic heterocycles. The molecule has 2 amide bonds. The van der Waals surface area contributed by atoms with Crippen molar-refractivity contribution in [1.82, 2.24) is 9.80 Å². The first-order valence-corrected chi connectivity index (χ1v) is 17.4. The fourth-order valence-electron chi connectivity index (χ4n) is 6.80. The monoisotopic (exact) mass is 696 g/mol. The van der Waals surface area contributed by atoms with Crippen LogP contribution in [-0.4, -0.2) is 57.4 Å². The Kier molecular flexibility index (Phi) is 13.1. The molecule has 2 aromatic rings. The first-order valence-electron chi connectivity index (χ1n) is 17.4. The van der Waals surface area contributed by atoms with Gasteiger partial charge in [0, 0.05) is 24.2 Å². The van der Waals surface area contributed by atoms with Gasteiger partial charge in [-0.1, -0.05) is 24.3 Å². The van der Waals surface area contributed by atoms with E-state index in [1.807, 2.05) is 67.5 Å². The molecule has 4 N–H and O–H groups in total. The minimum absolute atomic E-state index is 0.242. The normalized spacial score (nSPS) is 24.1. The zero-order valence-electron chi connectivity index (χ0n) is 31.3. The van der Waals surface area contributed by atoms with Crippen molar-refractivity contribution >= 4 is 12.2 Å². The summed E-state index contributed by atoms with van der Waals surface area (Å²) < 4.78 is 38.2. The van der Waals surface area contributed by atoms with E-state index in [9.17, 15) is 18.4 Å². The van der Waals surface area contributed by atoms with Gasteiger partial charge >= 0.3 is 12.2 Å². The molecule has 0 aromatic heterocycles. The van der Waals surface area contributed by atoms with Crippen molar-refractivity contribution in [3.05, 3.63) is 95.6 Å². The van der Waals surface area contributed by atoms with Crippen LogP contribution in [0, 0.1) is 25.5 Å². The van der Waals surface area contributed by atoms with Gasteiger partial charge in [0.1, 0.15) is 22.8 Å². The summed E-state index contributed by atoms with van der Waals surface area (Å²) >= 11 is 0. The molecule has 2 aliphatic rings. The molecule has 0 bridgehead atoms. The molecule has 2 aromatic carbocycles. The predicted molar refractivity (Wildman–Crippen MR) is 196 cm³/mol. The van der Waals surface area contributed by atoms with Crippen molar-refractivity contribution in [2.75, 3.05) is 13.1 Å². The Morgan fingerprint density at radius 3 is 1.38 bits per heavy atom. The van der Waals surface area contributed by atoms with E-state index >= 15 is 0 Å². The lowest BCUT2D eigenvalue weighted by molar-refractivity contribution is 0.000596.